The molecule has 1 fully saturated rings. The van der Waals surface area contributed by atoms with Crippen LogP contribution in [-0.4, -0.2) is 37.6 Å². The van der Waals surface area contributed by atoms with E-state index in [1.807, 2.05) is 6.20 Å². The van der Waals surface area contributed by atoms with E-state index in [1.165, 1.54) is 49.2 Å². The molecule has 1 aromatic carbocycles. The van der Waals surface area contributed by atoms with Gasteiger partial charge in [0, 0.05) is 42.8 Å². The van der Waals surface area contributed by atoms with Gasteiger partial charge in [-0.15, -0.1) is 0 Å². The molecular weight excluding hydrogens is 502 g/mol. The van der Waals surface area contributed by atoms with Crippen LogP contribution < -0.4 is 16.4 Å². The maximum absolute atomic E-state index is 9.71. The maximum Gasteiger partial charge on any atom is 0.0947 e. The summed E-state index contributed by atoms with van der Waals surface area (Å²) in [7, 11) is 0. The predicted octanol–water partition coefficient (Wildman–Crippen LogP) is 7.47. The average Bonchev–Trinajstić information content (AvgIpc) is 2.99. The molecule has 0 bridgehead atoms. The second kappa shape index (κ2) is 17.3. The summed E-state index contributed by atoms with van der Waals surface area (Å²) in [5, 5.41) is 16.7. The minimum Gasteiger partial charge on any atom is -0.401 e. The van der Waals surface area contributed by atoms with Crippen LogP contribution in [0.4, 0.5) is 0 Å². The Labute approximate surface area is 251 Å². The Morgan fingerprint density at radius 3 is 2.51 bits per heavy atom. The van der Waals surface area contributed by atoms with E-state index in [1.54, 1.807) is 0 Å². The third-order valence-electron chi connectivity index (χ3n) is 9.53. The average molecular weight is 560 g/mol. The number of likely N-dealkylation sites (tertiary alicyclic amines) is 1. The SMILES string of the molecule is CC(C)C(C)C(C)C(C)CN/C=C(\N)CCCCNCC/C(C#N)=C/c1ccc2c(c1)CCC(N1CCCCC1)=C2. The van der Waals surface area contributed by atoms with E-state index in [0.717, 1.165) is 80.9 Å². The van der Waals surface area contributed by atoms with Gasteiger partial charge in [0.15, 0.2) is 0 Å². The molecule has 1 aliphatic heterocycles. The molecule has 3 unspecified atom stereocenters. The topological polar surface area (TPSA) is 77.1 Å². The highest BCUT2D eigenvalue weighted by Gasteiger charge is 2.21. The smallest absolute Gasteiger partial charge is 0.0947 e. The summed E-state index contributed by atoms with van der Waals surface area (Å²) in [5.41, 5.74) is 13.4. The Balaban J connectivity index is 1.33. The standard InChI is InChI=1S/C36H57N5/c1-27(2)29(4)30(5)28(3)25-40-26-35(38)11-7-8-17-39-18-16-32(24-37)21-31-12-13-34-23-36(15-14-33(34)22-31)41-19-9-6-10-20-41/h12-13,21-23,26-30,39-40H,6-11,14-20,25,38H2,1-5H3/b32-21-,35-26-. The van der Waals surface area contributed by atoms with Crippen molar-refractivity contribution in [1.82, 2.24) is 15.5 Å². The van der Waals surface area contributed by atoms with Gasteiger partial charge in [-0.3, -0.25) is 0 Å². The number of nitrogens with one attached hydrogen (secondary N) is 2. The van der Waals surface area contributed by atoms with Crippen molar-refractivity contribution in [3.8, 4) is 6.07 Å². The number of hydrogen-bond acceptors (Lipinski definition) is 5. The number of rotatable bonds is 16. The van der Waals surface area contributed by atoms with E-state index in [9.17, 15) is 5.26 Å². The van der Waals surface area contributed by atoms with Crippen LogP contribution in [0.15, 0.2) is 41.4 Å². The lowest BCUT2D eigenvalue weighted by molar-refractivity contribution is 0.222. The van der Waals surface area contributed by atoms with Gasteiger partial charge in [0.1, 0.15) is 0 Å². The number of nitrogens with two attached hydrogens (primary N) is 1. The van der Waals surface area contributed by atoms with Gasteiger partial charge in [-0.1, -0.05) is 52.8 Å². The largest absolute Gasteiger partial charge is 0.401 e. The van der Waals surface area contributed by atoms with Crippen LogP contribution in [0.1, 0.15) is 103 Å². The Morgan fingerprint density at radius 1 is 1.00 bits per heavy atom. The van der Waals surface area contributed by atoms with Crippen molar-refractivity contribution >= 4 is 12.2 Å². The fourth-order valence-electron chi connectivity index (χ4n) is 6.07. The molecular formula is C36H57N5. The normalized spacial score (nSPS) is 18.4. The lowest BCUT2D eigenvalue weighted by atomic mass is 9.79. The highest BCUT2D eigenvalue weighted by atomic mass is 15.1. The molecule has 1 heterocycles. The molecule has 1 aromatic rings. The van der Waals surface area contributed by atoms with E-state index in [4.69, 9.17) is 5.73 Å². The number of benzene rings is 1. The van der Waals surface area contributed by atoms with Crippen LogP contribution in [0.25, 0.3) is 12.2 Å². The van der Waals surface area contributed by atoms with Crippen molar-refractivity contribution in [3.05, 3.63) is 58.1 Å². The quantitative estimate of drug-likeness (QED) is 0.145. The summed E-state index contributed by atoms with van der Waals surface area (Å²) in [6.07, 6.45) is 16.5. The zero-order valence-corrected chi connectivity index (χ0v) is 26.6. The van der Waals surface area contributed by atoms with E-state index in [0.29, 0.717) is 17.8 Å². The molecule has 0 radical (unpaired) electrons. The van der Waals surface area contributed by atoms with E-state index < -0.39 is 0 Å². The number of hydrogen-bond donors (Lipinski definition) is 3. The molecule has 5 nitrogen and oxygen atoms in total. The van der Waals surface area contributed by atoms with Crippen molar-refractivity contribution in [2.45, 2.75) is 92.4 Å². The first-order valence-corrected chi connectivity index (χ1v) is 16.4. The number of aryl methyl sites for hydroxylation is 1. The summed E-state index contributed by atoms with van der Waals surface area (Å²) in [4.78, 5) is 2.59. The summed E-state index contributed by atoms with van der Waals surface area (Å²) < 4.78 is 0. The molecule has 3 atom stereocenters. The zero-order chi connectivity index (χ0) is 29.6. The fourth-order valence-corrected chi connectivity index (χ4v) is 6.07. The minimum absolute atomic E-state index is 0.620. The highest BCUT2D eigenvalue weighted by Crippen LogP contribution is 2.29. The van der Waals surface area contributed by atoms with Crippen LogP contribution in [0.5, 0.6) is 0 Å². The fraction of sp³-hybridized carbons (Fsp3) is 0.639. The monoisotopic (exact) mass is 559 g/mol. The van der Waals surface area contributed by atoms with Gasteiger partial charge in [-0.25, -0.2) is 0 Å². The lowest BCUT2D eigenvalue weighted by Gasteiger charge is -2.33. The van der Waals surface area contributed by atoms with Crippen molar-refractivity contribution in [3.63, 3.8) is 0 Å². The van der Waals surface area contributed by atoms with Crippen LogP contribution in [-0.2, 0) is 6.42 Å². The minimum atomic E-state index is 0.620. The number of nitrogens with zero attached hydrogens (tertiary/aromatic N) is 2. The zero-order valence-electron chi connectivity index (χ0n) is 26.6. The van der Waals surface area contributed by atoms with Gasteiger partial charge >= 0.3 is 0 Å². The number of unbranched alkanes of at least 4 members (excludes halogenated alkanes) is 1. The number of fused-ring (bicyclic) bond motifs is 1. The molecule has 2 aliphatic rings. The third-order valence-corrected chi connectivity index (χ3v) is 9.53. The number of allylic oxidation sites excluding steroid dienone is 2. The molecule has 0 spiro atoms. The third kappa shape index (κ3) is 10.9. The summed E-state index contributed by atoms with van der Waals surface area (Å²) in [6, 6.07) is 9.10. The molecule has 0 aromatic heterocycles. The van der Waals surface area contributed by atoms with Crippen LogP contribution in [0, 0.1) is 35.0 Å². The van der Waals surface area contributed by atoms with Gasteiger partial charge in [0.05, 0.1) is 6.07 Å². The van der Waals surface area contributed by atoms with Gasteiger partial charge < -0.3 is 21.3 Å². The predicted molar refractivity (Wildman–Crippen MR) is 176 cm³/mol. The molecule has 226 valence electrons. The molecule has 0 saturated carbocycles. The highest BCUT2D eigenvalue weighted by molar-refractivity contribution is 5.65. The van der Waals surface area contributed by atoms with Crippen molar-refractivity contribution in [1.29, 1.82) is 5.26 Å². The molecule has 0 amide bonds. The van der Waals surface area contributed by atoms with Gasteiger partial charge in [0.25, 0.3) is 0 Å². The Bertz CT molecular complexity index is 1070. The van der Waals surface area contributed by atoms with Crippen molar-refractivity contribution < 1.29 is 0 Å². The summed E-state index contributed by atoms with van der Waals surface area (Å²) in [6.45, 7) is 16.8. The lowest BCUT2D eigenvalue weighted by Crippen LogP contribution is -2.30. The van der Waals surface area contributed by atoms with Crippen molar-refractivity contribution in [2.24, 2.45) is 29.4 Å². The second-order valence-electron chi connectivity index (χ2n) is 12.9. The first-order chi connectivity index (χ1) is 19.8. The molecule has 41 heavy (non-hydrogen) atoms. The number of piperidine rings is 1. The Morgan fingerprint density at radius 2 is 1.78 bits per heavy atom. The van der Waals surface area contributed by atoms with Crippen LogP contribution in [0.3, 0.4) is 0 Å². The maximum atomic E-state index is 9.71. The van der Waals surface area contributed by atoms with Gasteiger partial charge in [-0.2, -0.15) is 5.26 Å². The Kier molecular flexibility index (Phi) is 13.8. The molecule has 3 rings (SSSR count). The molecule has 1 aliphatic carbocycles. The van der Waals surface area contributed by atoms with E-state index in [-0.39, 0.29) is 0 Å². The van der Waals surface area contributed by atoms with Gasteiger partial charge in [0.2, 0.25) is 0 Å². The van der Waals surface area contributed by atoms with Gasteiger partial charge in [-0.05, 0) is 123 Å². The summed E-state index contributed by atoms with van der Waals surface area (Å²) >= 11 is 0. The van der Waals surface area contributed by atoms with Crippen LogP contribution >= 0.6 is 0 Å². The molecule has 4 N–H and O–H groups in total. The van der Waals surface area contributed by atoms with Crippen molar-refractivity contribution in [2.75, 3.05) is 32.7 Å². The second-order valence-corrected chi connectivity index (χ2v) is 12.9. The Hall–Kier alpha value is -2.71. The molecule has 5 heteroatoms. The molecule has 1 saturated heterocycles. The van der Waals surface area contributed by atoms with E-state index >= 15 is 0 Å². The first-order valence-electron chi connectivity index (χ1n) is 16.4. The number of nitriles is 1. The van der Waals surface area contributed by atoms with Crippen LogP contribution in [0.2, 0.25) is 0 Å². The van der Waals surface area contributed by atoms with E-state index in [2.05, 4.69) is 86.6 Å². The first kappa shape index (κ1) is 32.8. The summed E-state index contributed by atoms with van der Waals surface area (Å²) in [5.74, 6) is 2.75.